The molecule has 0 heterocycles. The monoisotopic (exact) mass is 469 g/mol. The number of likely N-dealkylation sites (N-methyl/N-ethyl adjacent to an activating group) is 1. The van der Waals surface area contributed by atoms with Crippen LogP contribution in [0, 0.1) is 20.8 Å². The first-order valence-electron chi connectivity index (χ1n) is 11.1. The number of amides is 3. The average Bonchev–Trinajstić information content (AvgIpc) is 2.74. The van der Waals surface area contributed by atoms with Crippen molar-refractivity contribution in [3.63, 3.8) is 0 Å². The second-order valence-corrected chi connectivity index (χ2v) is 9.40. The predicted octanol–water partition coefficient (Wildman–Crippen LogP) is 3.64. The molecule has 0 aliphatic heterocycles. The molecule has 3 amide bonds. The lowest BCUT2D eigenvalue weighted by atomic mass is 9.96. The lowest BCUT2D eigenvalue weighted by Gasteiger charge is -2.32. The zero-order valence-electron chi connectivity index (χ0n) is 20.9. The van der Waals surface area contributed by atoms with Crippen LogP contribution in [0.3, 0.4) is 0 Å². The Morgan fingerprint density at radius 3 is 2.26 bits per heavy atom. The van der Waals surface area contributed by atoms with Crippen LogP contribution in [0.1, 0.15) is 49.1 Å². The molecule has 0 spiro atoms. The van der Waals surface area contributed by atoms with Crippen molar-refractivity contribution in [3.8, 4) is 0 Å². The molecule has 0 aromatic heterocycles. The highest BCUT2D eigenvalue weighted by molar-refractivity contribution is 5.99. The molecule has 0 radical (unpaired) electrons. The number of carbonyl (C=O) groups is 3. The number of aryl methyl sites for hydroxylation is 3. The number of hydrogen-bond acceptors (Lipinski definition) is 5. The number of nitrogens with zero attached hydrogens (tertiary/aromatic N) is 1. The number of para-hydroxylation sites is 1. The summed E-state index contributed by atoms with van der Waals surface area (Å²) in [5, 5.41) is 15.1. The minimum Gasteiger partial charge on any atom is -0.444 e. The predicted molar refractivity (Wildman–Crippen MR) is 131 cm³/mol. The van der Waals surface area contributed by atoms with Gasteiger partial charge in [-0.25, -0.2) is 4.79 Å². The summed E-state index contributed by atoms with van der Waals surface area (Å²) < 4.78 is 5.21. The lowest BCUT2D eigenvalue weighted by molar-refractivity contribution is -0.139. The van der Waals surface area contributed by atoms with Gasteiger partial charge in [-0.1, -0.05) is 42.0 Å². The molecule has 2 aromatic carbocycles. The normalized spacial score (nSPS) is 12.9. The molecule has 3 N–H and O–H groups in total. The Kier molecular flexibility index (Phi) is 8.81. The molecule has 0 saturated carbocycles. The number of carbonyl (C=O) groups excluding carboxylic acids is 3. The van der Waals surface area contributed by atoms with Crippen LogP contribution < -0.4 is 10.6 Å². The molecule has 2 aromatic rings. The lowest BCUT2D eigenvalue weighted by Crippen LogP contribution is -2.52. The summed E-state index contributed by atoms with van der Waals surface area (Å²) in [4.78, 5) is 40.3. The van der Waals surface area contributed by atoms with Crippen molar-refractivity contribution >= 4 is 23.6 Å². The molecule has 0 fully saturated rings. The van der Waals surface area contributed by atoms with Gasteiger partial charge in [0.1, 0.15) is 17.7 Å². The van der Waals surface area contributed by atoms with Crippen LogP contribution in [0.2, 0.25) is 0 Å². The Hall–Kier alpha value is -3.39. The number of aliphatic hydroxyl groups is 1. The third-order valence-corrected chi connectivity index (χ3v) is 5.29. The van der Waals surface area contributed by atoms with Crippen molar-refractivity contribution in [1.29, 1.82) is 0 Å². The third-order valence-electron chi connectivity index (χ3n) is 5.29. The van der Waals surface area contributed by atoms with Crippen LogP contribution in [-0.4, -0.2) is 53.2 Å². The molecular weight excluding hydrogens is 434 g/mol. The number of ether oxygens (including phenoxy) is 1. The van der Waals surface area contributed by atoms with Crippen LogP contribution in [0.5, 0.6) is 0 Å². The fraction of sp³-hybridized carbons (Fsp3) is 0.423. The summed E-state index contributed by atoms with van der Waals surface area (Å²) >= 11 is 0. The molecule has 0 aliphatic carbocycles. The molecule has 8 heteroatoms. The van der Waals surface area contributed by atoms with Gasteiger partial charge in [0.2, 0.25) is 5.91 Å². The zero-order valence-corrected chi connectivity index (χ0v) is 20.9. The highest BCUT2D eigenvalue weighted by Crippen LogP contribution is 2.27. The summed E-state index contributed by atoms with van der Waals surface area (Å²) in [6.45, 7) is 10.1. The Labute approximate surface area is 201 Å². The van der Waals surface area contributed by atoms with Crippen LogP contribution in [0.4, 0.5) is 10.5 Å². The maximum Gasteiger partial charge on any atom is 0.408 e. The van der Waals surface area contributed by atoms with Crippen LogP contribution in [0.15, 0.2) is 42.5 Å². The van der Waals surface area contributed by atoms with Crippen molar-refractivity contribution < 1.29 is 24.2 Å². The van der Waals surface area contributed by atoms with Gasteiger partial charge in [0, 0.05) is 12.7 Å². The second kappa shape index (κ2) is 11.2. The maximum atomic E-state index is 13.5. The summed E-state index contributed by atoms with van der Waals surface area (Å²) in [6, 6.07) is 10.8. The number of nitrogens with one attached hydrogen (secondary N) is 2. The standard InChI is InChI=1S/C26H35N3O5/c1-16-12-13-17(2)19(14-16)22(23(31)27-20-11-9-8-10-18(20)3)29(7)24(32)21(15-30)28-25(33)34-26(4,5)6/h8-14,21-22,30H,15H2,1-7H3,(H,27,31)(H,28,33). The highest BCUT2D eigenvalue weighted by atomic mass is 16.6. The third kappa shape index (κ3) is 7.05. The van der Waals surface area contributed by atoms with E-state index in [0.29, 0.717) is 11.3 Å². The molecule has 2 rings (SSSR count). The van der Waals surface area contributed by atoms with Crippen molar-refractivity contribution in [2.75, 3.05) is 19.0 Å². The van der Waals surface area contributed by atoms with E-state index in [1.807, 2.05) is 57.2 Å². The number of aliphatic hydroxyl groups excluding tert-OH is 1. The average molecular weight is 470 g/mol. The van der Waals surface area contributed by atoms with Crippen molar-refractivity contribution in [3.05, 3.63) is 64.7 Å². The van der Waals surface area contributed by atoms with E-state index in [4.69, 9.17) is 4.74 Å². The van der Waals surface area contributed by atoms with Crippen LogP contribution >= 0.6 is 0 Å². The van der Waals surface area contributed by atoms with E-state index < -0.39 is 42.2 Å². The minimum atomic E-state index is -1.28. The molecule has 0 saturated heterocycles. The van der Waals surface area contributed by atoms with Gasteiger partial charge in [-0.05, 0) is 64.3 Å². The number of hydrogen-bond donors (Lipinski definition) is 3. The van der Waals surface area contributed by atoms with E-state index in [1.54, 1.807) is 26.8 Å². The zero-order chi connectivity index (χ0) is 25.6. The summed E-state index contributed by atoms with van der Waals surface area (Å²) in [6.07, 6.45) is -0.832. The maximum absolute atomic E-state index is 13.5. The highest BCUT2D eigenvalue weighted by Gasteiger charge is 2.34. The van der Waals surface area contributed by atoms with Gasteiger partial charge in [-0.15, -0.1) is 0 Å². The Morgan fingerprint density at radius 1 is 1.03 bits per heavy atom. The molecule has 2 unspecified atom stereocenters. The van der Waals surface area contributed by atoms with E-state index in [0.717, 1.165) is 16.7 Å². The van der Waals surface area contributed by atoms with Crippen molar-refractivity contribution in [2.24, 2.45) is 0 Å². The summed E-state index contributed by atoms with van der Waals surface area (Å²) in [7, 11) is 1.48. The van der Waals surface area contributed by atoms with Crippen molar-refractivity contribution in [2.45, 2.75) is 59.2 Å². The van der Waals surface area contributed by atoms with Gasteiger partial charge < -0.3 is 25.4 Å². The Bertz CT molecular complexity index is 1040. The van der Waals surface area contributed by atoms with Gasteiger partial charge >= 0.3 is 6.09 Å². The Morgan fingerprint density at radius 2 is 1.68 bits per heavy atom. The van der Waals surface area contributed by atoms with E-state index in [2.05, 4.69) is 10.6 Å². The molecule has 34 heavy (non-hydrogen) atoms. The smallest absolute Gasteiger partial charge is 0.408 e. The number of rotatable bonds is 7. The first-order valence-corrected chi connectivity index (χ1v) is 11.1. The summed E-state index contributed by atoms with van der Waals surface area (Å²) in [5.74, 6) is -1.04. The number of alkyl carbamates (subject to hydrolysis) is 1. The molecule has 0 bridgehead atoms. The van der Waals surface area contributed by atoms with Crippen molar-refractivity contribution in [1.82, 2.24) is 10.2 Å². The number of anilines is 1. The Balaban J connectivity index is 2.39. The minimum absolute atomic E-state index is 0.409. The van der Waals surface area contributed by atoms with Gasteiger partial charge in [0.05, 0.1) is 6.61 Å². The fourth-order valence-electron chi connectivity index (χ4n) is 3.50. The molecule has 184 valence electrons. The quantitative estimate of drug-likeness (QED) is 0.574. The number of benzene rings is 2. The summed E-state index contributed by atoms with van der Waals surface area (Å²) in [5.41, 5.74) is 3.15. The molecule has 2 atom stereocenters. The van der Waals surface area contributed by atoms with Crippen LogP contribution in [-0.2, 0) is 14.3 Å². The van der Waals surface area contributed by atoms with Crippen LogP contribution in [0.25, 0.3) is 0 Å². The van der Waals surface area contributed by atoms with E-state index in [-0.39, 0.29) is 0 Å². The van der Waals surface area contributed by atoms with Gasteiger partial charge in [0.15, 0.2) is 0 Å². The molecular formula is C26H35N3O5. The molecule has 8 nitrogen and oxygen atoms in total. The first kappa shape index (κ1) is 26.9. The topological polar surface area (TPSA) is 108 Å². The SMILES string of the molecule is Cc1ccc(C)c(C(C(=O)Nc2ccccc2C)N(C)C(=O)C(CO)NC(=O)OC(C)(C)C)c1. The van der Waals surface area contributed by atoms with Gasteiger partial charge in [0.25, 0.3) is 5.91 Å². The van der Waals surface area contributed by atoms with E-state index in [1.165, 1.54) is 11.9 Å². The largest absolute Gasteiger partial charge is 0.444 e. The second-order valence-electron chi connectivity index (χ2n) is 9.40. The van der Waals surface area contributed by atoms with E-state index in [9.17, 15) is 19.5 Å². The first-order chi connectivity index (χ1) is 15.8. The van der Waals surface area contributed by atoms with Gasteiger partial charge in [-0.3, -0.25) is 9.59 Å². The fourth-order valence-corrected chi connectivity index (χ4v) is 3.50. The van der Waals surface area contributed by atoms with Gasteiger partial charge in [-0.2, -0.15) is 0 Å². The van der Waals surface area contributed by atoms with E-state index >= 15 is 0 Å². The molecule has 0 aliphatic rings.